The Kier molecular flexibility index (Phi) is 2.70. The van der Waals surface area contributed by atoms with E-state index in [2.05, 4.69) is 5.32 Å². The van der Waals surface area contributed by atoms with Gasteiger partial charge in [-0.1, -0.05) is 0 Å². The fraction of sp³-hybridized carbons (Fsp3) is 0.875. The average molecular weight is 219 g/mol. The summed E-state index contributed by atoms with van der Waals surface area (Å²) in [5, 5.41) is 21.9. The van der Waals surface area contributed by atoms with Crippen molar-refractivity contribution >= 4 is 17.7 Å². The van der Waals surface area contributed by atoms with Crippen LogP contribution in [0, 0.1) is 0 Å². The molecule has 14 heavy (non-hydrogen) atoms. The number of nitrogens with one attached hydrogen (secondary N) is 1. The van der Waals surface area contributed by atoms with Gasteiger partial charge in [-0.05, 0) is 0 Å². The second-order valence-electron chi connectivity index (χ2n) is 3.58. The van der Waals surface area contributed by atoms with Crippen LogP contribution in [0.15, 0.2) is 0 Å². The number of rotatable bonds is 1. The SMILES string of the molecule is CC(=O)NC1C2OC(CS2)C(O)C1O. The molecule has 2 heterocycles. The number of carbonyl (C=O) groups excluding carboxylic acids is 1. The second kappa shape index (κ2) is 3.69. The highest BCUT2D eigenvalue weighted by atomic mass is 32.2. The molecule has 2 rings (SSSR count). The van der Waals surface area contributed by atoms with Gasteiger partial charge in [0.2, 0.25) is 5.91 Å². The van der Waals surface area contributed by atoms with Gasteiger partial charge in [0.05, 0.1) is 12.1 Å². The summed E-state index contributed by atoms with van der Waals surface area (Å²) in [4.78, 5) is 10.9. The van der Waals surface area contributed by atoms with Gasteiger partial charge in [0.15, 0.2) is 0 Å². The molecule has 0 aromatic heterocycles. The van der Waals surface area contributed by atoms with E-state index in [1.54, 1.807) is 0 Å². The quantitative estimate of drug-likeness (QED) is 0.510. The Morgan fingerprint density at radius 2 is 2.21 bits per heavy atom. The summed E-state index contributed by atoms with van der Waals surface area (Å²) in [5.41, 5.74) is -0.234. The van der Waals surface area contributed by atoms with Gasteiger partial charge in [0.25, 0.3) is 0 Å². The molecule has 2 saturated heterocycles. The molecule has 5 nitrogen and oxygen atoms in total. The van der Waals surface area contributed by atoms with Crippen LogP contribution in [-0.4, -0.2) is 51.7 Å². The van der Waals surface area contributed by atoms with Crippen LogP contribution in [0.5, 0.6) is 0 Å². The van der Waals surface area contributed by atoms with Gasteiger partial charge in [-0.25, -0.2) is 0 Å². The maximum atomic E-state index is 10.9. The molecule has 3 N–H and O–H groups in total. The van der Waals surface area contributed by atoms with Crippen molar-refractivity contribution < 1.29 is 19.7 Å². The molecule has 5 atom stereocenters. The smallest absolute Gasteiger partial charge is 0.217 e. The fourth-order valence-corrected chi connectivity index (χ4v) is 3.10. The molecule has 0 aromatic rings. The van der Waals surface area contributed by atoms with Gasteiger partial charge in [-0.2, -0.15) is 0 Å². The first-order valence-electron chi connectivity index (χ1n) is 4.50. The van der Waals surface area contributed by atoms with Crippen molar-refractivity contribution in [2.24, 2.45) is 0 Å². The average Bonchev–Trinajstić information content (AvgIpc) is 2.55. The molecule has 2 aliphatic rings. The maximum absolute atomic E-state index is 10.9. The highest BCUT2D eigenvalue weighted by molar-refractivity contribution is 8.00. The molecule has 6 heteroatoms. The van der Waals surface area contributed by atoms with E-state index in [-0.39, 0.29) is 17.4 Å². The first-order chi connectivity index (χ1) is 6.59. The summed E-state index contributed by atoms with van der Waals surface area (Å²) >= 11 is 1.51. The Hall–Kier alpha value is -0.300. The molecule has 2 aliphatic heterocycles. The molecule has 0 radical (unpaired) electrons. The minimum Gasteiger partial charge on any atom is -0.388 e. The normalized spacial score (nSPS) is 46.4. The largest absolute Gasteiger partial charge is 0.388 e. The standard InChI is InChI=1S/C8H13NO4S/c1-3(10)9-5-7(12)6(11)4-2-14-8(5)13-4/h4-8,11-12H,2H2,1H3,(H,9,10). The first-order valence-corrected chi connectivity index (χ1v) is 5.55. The van der Waals surface area contributed by atoms with Crippen molar-refractivity contribution in [3.63, 3.8) is 0 Å². The van der Waals surface area contributed by atoms with Gasteiger partial charge in [-0.3, -0.25) is 4.79 Å². The fourth-order valence-electron chi connectivity index (χ4n) is 1.79. The predicted molar refractivity (Wildman–Crippen MR) is 50.7 cm³/mol. The van der Waals surface area contributed by atoms with Crippen molar-refractivity contribution in [1.82, 2.24) is 5.32 Å². The van der Waals surface area contributed by atoms with E-state index in [1.165, 1.54) is 18.7 Å². The predicted octanol–water partition coefficient (Wildman–Crippen LogP) is -1.32. The van der Waals surface area contributed by atoms with Crippen molar-refractivity contribution in [3.8, 4) is 0 Å². The molecular weight excluding hydrogens is 206 g/mol. The van der Waals surface area contributed by atoms with Crippen LogP contribution in [-0.2, 0) is 9.53 Å². The number of fused-ring (bicyclic) bond motifs is 2. The molecule has 0 aromatic carbocycles. The lowest BCUT2D eigenvalue weighted by Crippen LogP contribution is -2.59. The summed E-state index contributed by atoms with van der Waals surface area (Å²) in [6, 6.07) is -0.508. The third-order valence-electron chi connectivity index (χ3n) is 2.50. The van der Waals surface area contributed by atoms with E-state index in [0.29, 0.717) is 5.75 Å². The zero-order chi connectivity index (χ0) is 10.3. The van der Waals surface area contributed by atoms with Crippen LogP contribution in [0.2, 0.25) is 0 Å². The Morgan fingerprint density at radius 1 is 1.50 bits per heavy atom. The lowest BCUT2D eigenvalue weighted by Gasteiger charge is -2.36. The number of ether oxygens (including phenoxy) is 1. The highest BCUT2D eigenvalue weighted by Crippen LogP contribution is 2.36. The third kappa shape index (κ3) is 1.63. The van der Waals surface area contributed by atoms with Crippen LogP contribution in [0.4, 0.5) is 0 Å². The molecule has 1 amide bonds. The number of amides is 1. The van der Waals surface area contributed by atoms with Crippen LogP contribution < -0.4 is 5.32 Å². The lowest BCUT2D eigenvalue weighted by atomic mass is 9.99. The highest BCUT2D eigenvalue weighted by Gasteiger charge is 2.49. The van der Waals surface area contributed by atoms with E-state index in [0.717, 1.165) is 0 Å². The maximum Gasteiger partial charge on any atom is 0.217 e. The van der Waals surface area contributed by atoms with Crippen LogP contribution >= 0.6 is 11.8 Å². The number of aliphatic hydroxyl groups excluding tert-OH is 2. The van der Waals surface area contributed by atoms with E-state index in [4.69, 9.17) is 4.74 Å². The Bertz CT molecular complexity index is 249. The monoisotopic (exact) mass is 219 g/mol. The van der Waals surface area contributed by atoms with Crippen LogP contribution in [0.1, 0.15) is 6.92 Å². The molecule has 0 saturated carbocycles. The lowest BCUT2D eigenvalue weighted by molar-refractivity contribution is -0.150. The summed E-state index contributed by atoms with van der Waals surface area (Å²) in [7, 11) is 0. The number of carbonyl (C=O) groups is 1. The van der Waals surface area contributed by atoms with Crippen LogP contribution in [0.3, 0.4) is 0 Å². The zero-order valence-corrected chi connectivity index (χ0v) is 8.53. The number of aliphatic hydroxyl groups is 2. The molecule has 5 unspecified atom stereocenters. The van der Waals surface area contributed by atoms with E-state index < -0.39 is 18.2 Å². The van der Waals surface area contributed by atoms with Gasteiger partial charge in [0, 0.05) is 12.7 Å². The third-order valence-corrected chi connectivity index (χ3v) is 3.75. The van der Waals surface area contributed by atoms with Crippen molar-refractivity contribution in [3.05, 3.63) is 0 Å². The molecule has 0 spiro atoms. The van der Waals surface area contributed by atoms with Crippen molar-refractivity contribution in [1.29, 1.82) is 0 Å². The summed E-state index contributed by atoms with van der Waals surface area (Å²) < 4.78 is 5.43. The molecule has 80 valence electrons. The van der Waals surface area contributed by atoms with Gasteiger partial charge >= 0.3 is 0 Å². The van der Waals surface area contributed by atoms with Crippen molar-refractivity contribution in [2.45, 2.75) is 36.7 Å². The van der Waals surface area contributed by atoms with Crippen LogP contribution in [0.25, 0.3) is 0 Å². The Labute approximate surface area is 85.8 Å². The zero-order valence-electron chi connectivity index (χ0n) is 7.71. The Morgan fingerprint density at radius 3 is 2.86 bits per heavy atom. The van der Waals surface area contributed by atoms with Gasteiger partial charge in [0.1, 0.15) is 17.6 Å². The number of thioether (sulfide) groups is 1. The Balaban J connectivity index is 2.10. The minimum atomic E-state index is -0.933. The van der Waals surface area contributed by atoms with E-state index in [9.17, 15) is 15.0 Å². The summed E-state index contributed by atoms with van der Waals surface area (Å²) in [5.74, 6) is 0.440. The molecule has 0 aliphatic carbocycles. The van der Waals surface area contributed by atoms with Crippen molar-refractivity contribution in [2.75, 3.05) is 5.75 Å². The first kappa shape index (κ1) is 10.2. The molecule has 2 fully saturated rings. The van der Waals surface area contributed by atoms with E-state index in [1.807, 2.05) is 0 Å². The summed E-state index contributed by atoms with van der Waals surface area (Å²) in [6.45, 7) is 1.38. The van der Waals surface area contributed by atoms with Gasteiger partial charge < -0.3 is 20.3 Å². The van der Waals surface area contributed by atoms with E-state index >= 15 is 0 Å². The van der Waals surface area contributed by atoms with Gasteiger partial charge in [-0.15, -0.1) is 11.8 Å². The topological polar surface area (TPSA) is 78.8 Å². The minimum absolute atomic E-state index is 0.226. The summed E-state index contributed by atoms with van der Waals surface area (Å²) in [6.07, 6.45) is -2.14. The molecule has 2 bridgehead atoms. The number of hydrogen-bond donors (Lipinski definition) is 3. The molecular formula is C8H13NO4S. The number of hydrogen-bond acceptors (Lipinski definition) is 5. The second-order valence-corrected chi connectivity index (χ2v) is 4.72.